The minimum Gasteiger partial charge on any atom is -0.388 e. The van der Waals surface area contributed by atoms with Crippen LogP contribution in [0.2, 0.25) is 0 Å². The first-order chi connectivity index (χ1) is 6.70. The van der Waals surface area contributed by atoms with Crippen LogP contribution in [-0.2, 0) is 0 Å². The summed E-state index contributed by atoms with van der Waals surface area (Å²) >= 11 is 0. The van der Waals surface area contributed by atoms with Crippen molar-refractivity contribution >= 4 is 0 Å². The van der Waals surface area contributed by atoms with E-state index in [-0.39, 0.29) is 5.92 Å². The molecule has 0 radical (unpaired) electrons. The Labute approximate surface area is 82.8 Å². The van der Waals surface area contributed by atoms with Crippen molar-refractivity contribution in [3.63, 3.8) is 0 Å². The van der Waals surface area contributed by atoms with Crippen LogP contribution in [0.15, 0.2) is 18.5 Å². The first kappa shape index (κ1) is 9.59. The highest BCUT2D eigenvalue weighted by molar-refractivity contribution is 5.16. The normalized spacial score (nSPS) is 20.5. The van der Waals surface area contributed by atoms with Crippen LogP contribution in [-0.4, -0.2) is 10.1 Å². The number of aliphatic hydroxyl groups excluding tert-OH is 1. The van der Waals surface area contributed by atoms with Crippen molar-refractivity contribution < 1.29 is 9.50 Å². The van der Waals surface area contributed by atoms with Crippen LogP contribution in [0.5, 0.6) is 0 Å². The molecular weight excluding hydrogens is 181 g/mol. The number of nitrogens with zero attached hydrogens (tertiary/aromatic N) is 1. The van der Waals surface area contributed by atoms with E-state index in [2.05, 4.69) is 4.98 Å². The number of pyridine rings is 1. The summed E-state index contributed by atoms with van der Waals surface area (Å²) in [5.74, 6) is 0.303. The van der Waals surface area contributed by atoms with Gasteiger partial charge in [-0.2, -0.15) is 0 Å². The first-order valence-corrected chi connectivity index (χ1v) is 4.97. The molecule has 1 N–H and O–H groups in total. The molecule has 0 aliphatic heterocycles. The largest absolute Gasteiger partial charge is 0.388 e. The topological polar surface area (TPSA) is 33.1 Å². The lowest BCUT2D eigenvalue weighted by molar-refractivity contribution is 0.102. The summed E-state index contributed by atoms with van der Waals surface area (Å²) in [5.41, 5.74) is 0.374. The minimum atomic E-state index is -0.689. The first-order valence-electron chi connectivity index (χ1n) is 4.97. The third kappa shape index (κ3) is 1.77. The van der Waals surface area contributed by atoms with Crippen LogP contribution in [0.4, 0.5) is 4.39 Å². The number of aliphatic hydroxyl groups is 1. The molecule has 1 aromatic rings. The maximum absolute atomic E-state index is 13.3. The SMILES string of the molecule is CC(C1CC1)C(O)c1ccncc1F. The summed E-state index contributed by atoms with van der Waals surface area (Å²) < 4.78 is 13.3. The average Bonchev–Trinajstić information content (AvgIpc) is 3.00. The summed E-state index contributed by atoms with van der Waals surface area (Å²) in [4.78, 5) is 3.66. The molecule has 1 saturated carbocycles. The molecule has 0 spiro atoms. The average molecular weight is 195 g/mol. The van der Waals surface area contributed by atoms with Crippen LogP contribution in [0, 0.1) is 17.7 Å². The fourth-order valence-electron chi connectivity index (χ4n) is 1.79. The van der Waals surface area contributed by atoms with E-state index in [9.17, 15) is 9.50 Å². The van der Waals surface area contributed by atoms with Crippen LogP contribution in [0.25, 0.3) is 0 Å². The van der Waals surface area contributed by atoms with Crippen molar-refractivity contribution in [1.29, 1.82) is 0 Å². The fraction of sp³-hybridized carbons (Fsp3) is 0.545. The van der Waals surface area contributed by atoms with Crippen molar-refractivity contribution in [2.24, 2.45) is 11.8 Å². The summed E-state index contributed by atoms with van der Waals surface area (Å²) in [6.45, 7) is 1.97. The van der Waals surface area contributed by atoms with Gasteiger partial charge in [-0.05, 0) is 30.7 Å². The Bertz CT molecular complexity index is 325. The van der Waals surface area contributed by atoms with Gasteiger partial charge in [-0.1, -0.05) is 6.92 Å². The Balaban J connectivity index is 2.17. The molecule has 0 saturated heterocycles. The minimum absolute atomic E-state index is 0.145. The van der Waals surface area contributed by atoms with E-state index in [1.54, 1.807) is 6.07 Å². The molecule has 0 amide bonds. The maximum atomic E-state index is 13.3. The van der Waals surface area contributed by atoms with Crippen molar-refractivity contribution in [1.82, 2.24) is 4.98 Å². The second-order valence-corrected chi connectivity index (χ2v) is 4.04. The smallest absolute Gasteiger partial charge is 0.147 e. The highest BCUT2D eigenvalue weighted by Gasteiger charge is 2.33. The summed E-state index contributed by atoms with van der Waals surface area (Å²) in [6, 6.07) is 1.55. The van der Waals surface area contributed by atoms with Crippen LogP contribution in [0.3, 0.4) is 0 Å². The predicted octanol–water partition coefficient (Wildman–Crippen LogP) is 2.30. The van der Waals surface area contributed by atoms with Gasteiger partial charge in [0.1, 0.15) is 5.82 Å². The Morgan fingerprint density at radius 3 is 2.86 bits per heavy atom. The number of hydrogen-bond acceptors (Lipinski definition) is 2. The molecule has 76 valence electrons. The highest BCUT2D eigenvalue weighted by atomic mass is 19.1. The molecule has 3 heteroatoms. The Kier molecular flexibility index (Phi) is 2.50. The zero-order chi connectivity index (χ0) is 10.1. The molecular formula is C11H14FNO. The number of aromatic nitrogens is 1. The molecule has 2 nitrogen and oxygen atoms in total. The maximum Gasteiger partial charge on any atom is 0.147 e. The highest BCUT2D eigenvalue weighted by Crippen LogP contribution is 2.42. The monoisotopic (exact) mass is 195 g/mol. The number of rotatable bonds is 3. The molecule has 0 bridgehead atoms. The quantitative estimate of drug-likeness (QED) is 0.802. The molecule has 1 heterocycles. The van der Waals surface area contributed by atoms with Gasteiger partial charge in [-0.3, -0.25) is 4.98 Å². The zero-order valence-electron chi connectivity index (χ0n) is 8.15. The lowest BCUT2D eigenvalue weighted by Gasteiger charge is -2.18. The van der Waals surface area contributed by atoms with Gasteiger partial charge >= 0.3 is 0 Å². The van der Waals surface area contributed by atoms with Crippen molar-refractivity contribution in [3.8, 4) is 0 Å². The van der Waals surface area contributed by atoms with E-state index < -0.39 is 11.9 Å². The molecule has 1 aliphatic carbocycles. The van der Waals surface area contributed by atoms with Crippen LogP contribution < -0.4 is 0 Å². The molecule has 14 heavy (non-hydrogen) atoms. The van der Waals surface area contributed by atoms with Crippen LogP contribution >= 0.6 is 0 Å². The lowest BCUT2D eigenvalue weighted by Crippen LogP contribution is -2.12. The van der Waals surface area contributed by atoms with E-state index in [1.807, 2.05) is 6.92 Å². The predicted molar refractivity (Wildman–Crippen MR) is 51.0 cm³/mol. The van der Waals surface area contributed by atoms with E-state index >= 15 is 0 Å². The fourth-order valence-corrected chi connectivity index (χ4v) is 1.79. The molecule has 1 fully saturated rings. The van der Waals surface area contributed by atoms with E-state index in [0.717, 1.165) is 19.0 Å². The van der Waals surface area contributed by atoms with Gasteiger partial charge in [0, 0.05) is 11.8 Å². The molecule has 0 aromatic carbocycles. The van der Waals surface area contributed by atoms with Gasteiger partial charge in [0.15, 0.2) is 0 Å². The third-order valence-corrected chi connectivity index (χ3v) is 2.99. The van der Waals surface area contributed by atoms with Gasteiger partial charge < -0.3 is 5.11 Å². The Hall–Kier alpha value is -0.960. The molecule has 2 rings (SSSR count). The Morgan fingerprint density at radius 1 is 1.57 bits per heavy atom. The van der Waals surface area contributed by atoms with Crippen molar-refractivity contribution in [3.05, 3.63) is 29.8 Å². The zero-order valence-corrected chi connectivity index (χ0v) is 8.15. The molecule has 1 aliphatic rings. The van der Waals surface area contributed by atoms with Gasteiger partial charge in [0.2, 0.25) is 0 Å². The standard InChI is InChI=1S/C11H14FNO/c1-7(8-2-3-8)11(14)9-4-5-13-6-10(9)12/h4-8,11,14H,2-3H2,1H3. The van der Waals surface area contributed by atoms with Crippen molar-refractivity contribution in [2.45, 2.75) is 25.9 Å². The van der Waals surface area contributed by atoms with E-state index in [4.69, 9.17) is 0 Å². The van der Waals surface area contributed by atoms with Gasteiger partial charge in [0.05, 0.1) is 12.3 Å². The Morgan fingerprint density at radius 2 is 2.29 bits per heavy atom. The molecule has 2 unspecified atom stereocenters. The van der Waals surface area contributed by atoms with Crippen LogP contribution in [0.1, 0.15) is 31.4 Å². The van der Waals surface area contributed by atoms with E-state index in [1.165, 1.54) is 6.20 Å². The summed E-state index contributed by atoms with van der Waals surface area (Å²) in [5, 5.41) is 9.91. The number of halogens is 1. The van der Waals surface area contributed by atoms with E-state index in [0.29, 0.717) is 11.5 Å². The summed E-state index contributed by atoms with van der Waals surface area (Å²) in [7, 11) is 0. The van der Waals surface area contributed by atoms with Gasteiger partial charge in [-0.15, -0.1) is 0 Å². The summed E-state index contributed by atoms with van der Waals surface area (Å²) in [6.07, 6.45) is 4.29. The molecule has 2 atom stereocenters. The third-order valence-electron chi connectivity index (χ3n) is 2.99. The van der Waals surface area contributed by atoms with Crippen molar-refractivity contribution in [2.75, 3.05) is 0 Å². The van der Waals surface area contributed by atoms with Gasteiger partial charge in [0.25, 0.3) is 0 Å². The second-order valence-electron chi connectivity index (χ2n) is 4.04. The number of hydrogen-bond donors (Lipinski definition) is 1. The lowest BCUT2D eigenvalue weighted by atomic mass is 9.94. The second kappa shape index (κ2) is 3.65. The van der Waals surface area contributed by atoms with Gasteiger partial charge in [-0.25, -0.2) is 4.39 Å². The molecule has 1 aromatic heterocycles.